The Hall–Kier alpha value is -2.38. The number of ether oxygens (including phenoxy) is 4. The third-order valence-electron chi connectivity index (χ3n) is 9.05. The molecule has 57 heavy (non-hydrogen) atoms. The van der Waals surface area contributed by atoms with E-state index in [2.05, 4.69) is 19.2 Å². The minimum absolute atomic E-state index is 0.244. The fourth-order valence-corrected chi connectivity index (χ4v) is 7.32. The number of carbonyl (C=O) groups excluding carboxylic acids is 4. The fourth-order valence-electron chi connectivity index (χ4n) is 5.67. The minimum atomic E-state index is -0.402. The number of nitrogens with one attached hydrogen (secondary N) is 1. The maximum Gasteiger partial charge on any atom is 0.409 e. The molecule has 0 aromatic heterocycles. The zero-order valence-corrected chi connectivity index (χ0v) is 38.0. The first-order chi connectivity index (χ1) is 27.8. The lowest BCUT2D eigenvalue weighted by Gasteiger charge is -2.22. The van der Waals surface area contributed by atoms with Crippen LogP contribution in [0.3, 0.4) is 0 Å². The second-order valence-corrected chi connectivity index (χ2v) is 17.4. The second-order valence-electron chi connectivity index (χ2n) is 14.7. The lowest BCUT2D eigenvalue weighted by atomic mass is 10.1. The summed E-state index contributed by atoms with van der Waals surface area (Å²) in [5.41, 5.74) is 0. The highest BCUT2D eigenvalue weighted by atomic mass is 33.1. The predicted octanol–water partition coefficient (Wildman–Crippen LogP) is 10.9. The third-order valence-corrected chi connectivity index (χ3v) is 11.4. The highest BCUT2D eigenvalue weighted by Gasteiger charge is 2.14. The van der Waals surface area contributed by atoms with Crippen molar-refractivity contribution in [3.8, 4) is 0 Å². The molecule has 13 heteroatoms. The molecular weight excluding hydrogens is 763 g/mol. The van der Waals surface area contributed by atoms with Gasteiger partial charge in [-0.1, -0.05) is 137 Å². The van der Waals surface area contributed by atoms with Crippen LogP contribution in [0.4, 0.5) is 9.59 Å². The first-order valence-corrected chi connectivity index (χ1v) is 24.7. The summed E-state index contributed by atoms with van der Waals surface area (Å²) in [7, 11) is 7.09. The summed E-state index contributed by atoms with van der Waals surface area (Å²) in [6.45, 7) is 8.62. The molecule has 0 spiro atoms. The molecule has 0 aromatic carbocycles. The molecule has 2 amide bonds. The SMILES string of the molecule is CCCCCC/C=C\C(=O)OCCCCCCCCN(CCCCCCCCOC(=O)/C=C\CCCCCC)C(=O)OCCSSCCOC(=O)NCCN(C)C. The quantitative estimate of drug-likeness (QED) is 0.0208. The van der Waals surface area contributed by atoms with Gasteiger partial charge in [0.25, 0.3) is 0 Å². The molecule has 0 saturated heterocycles. The summed E-state index contributed by atoms with van der Waals surface area (Å²) in [6.07, 6.45) is 29.7. The van der Waals surface area contributed by atoms with Crippen molar-refractivity contribution >= 4 is 45.7 Å². The summed E-state index contributed by atoms with van der Waals surface area (Å²) in [6, 6.07) is 0. The topological polar surface area (TPSA) is 124 Å². The highest BCUT2D eigenvalue weighted by molar-refractivity contribution is 8.76. The number of nitrogens with zero attached hydrogens (tertiary/aromatic N) is 2. The lowest BCUT2D eigenvalue weighted by molar-refractivity contribution is -0.138. The van der Waals surface area contributed by atoms with E-state index in [0.29, 0.717) is 57.6 Å². The molecule has 0 rings (SSSR count). The predicted molar refractivity (Wildman–Crippen MR) is 239 cm³/mol. The lowest BCUT2D eigenvalue weighted by Crippen LogP contribution is -2.34. The summed E-state index contributed by atoms with van der Waals surface area (Å²) in [5.74, 6) is 0.835. The zero-order valence-electron chi connectivity index (χ0n) is 36.4. The van der Waals surface area contributed by atoms with Gasteiger partial charge in [0.1, 0.15) is 13.2 Å². The molecule has 0 aromatic rings. The third kappa shape index (κ3) is 41.6. The monoisotopic (exact) mass is 844 g/mol. The van der Waals surface area contributed by atoms with Crippen LogP contribution in [-0.4, -0.2) is 112 Å². The van der Waals surface area contributed by atoms with Gasteiger partial charge in [-0.05, 0) is 65.5 Å². The van der Waals surface area contributed by atoms with Gasteiger partial charge in [-0.25, -0.2) is 19.2 Å². The number of allylic oxidation sites excluding steroid dienone is 2. The van der Waals surface area contributed by atoms with Gasteiger partial charge in [0.15, 0.2) is 0 Å². The molecule has 0 radical (unpaired) electrons. The van der Waals surface area contributed by atoms with Crippen molar-refractivity contribution in [2.75, 3.05) is 78.2 Å². The van der Waals surface area contributed by atoms with E-state index in [1.54, 1.807) is 33.7 Å². The Morgan fingerprint density at radius 2 is 0.947 bits per heavy atom. The average Bonchev–Trinajstić information content (AvgIpc) is 3.19. The number of hydrogen-bond donors (Lipinski definition) is 1. The van der Waals surface area contributed by atoms with Gasteiger partial charge in [0.2, 0.25) is 0 Å². The number of esters is 2. The van der Waals surface area contributed by atoms with Gasteiger partial charge in [0, 0.05) is 49.8 Å². The summed E-state index contributed by atoms with van der Waals surface area (Å²) in [5, 5.41) is 2.72. The number of amides is 2. The summed E-state index contributed by atoms with van der Waals surface area (Å²) in [4.78, 5) is 52.4. The first-order valence-electron chi connectivity index (χ1n) is 22.2. The van der Waals surface area contributed by atoms with Crippen molar-refractivity contribution in [1.82, 2.24) is 15.1 Å². The Kier molecular flexibility index (Phi) is 41.4. The van der Waals surface area contributed by atoms with Crippen LogP contribution in [-0.2, 0) is 28.5 Å². The van der Waals surface area contributed by atoms with Gasteiger partial charge < -0.3 is 34.1 Å². The largest absolute Gasteiger partial charge is 0.463 e. The number of carbonyl (C=O) groups is 4. The minimum Gasteiger partial charge on any atom is -0.463 e. The van der Waals surface area contributed by atoms with Crippen molar-refractivity contribution < 1.29 is 38.1 Å². The van der Waals surface area contributed by atoms with Crippen molar-refractivity contribution in [1.29, 1.82) is 0 Å². The molecule has 0 saturated carbocycles. The van der Waals surface area contributed by atoms with E-state index in [4.69, 9.17) is 18.9 Å². The second kappa shape index (κ2) is 43.2. The molecule has 0 atom stereocenters. The van der Waals surface area contributed by atoms with E-state index in [1.165, 1.54) is 38.5 Å². The van der Waals surface area contributed by atoms with Crippen LogP contribution in [0.25, 0.3) is 0 Å². The first kappa shape index (κ1) is 54.6. The van der Waals surface area contributed by atoms with Gasteiger partial charge in [0.05, 0.1) is 13.2 Å². The highest BCUT2D eigenvalue weighted by Crippen LogP contribution is 2.20. The molecule has 0 bridgehead atoms. The molecule has 0 heterocycles. The number of rotatable bonds is 40. The average molecular weight is 844 g/mol. The molecular formula is C44H81N3O8S2. The molecule has 0 aliphatic carbocycles. The molecule has 0 aliphatic rings. The van der Waals surface area contributed by atoms with E-state index in [1.807, 2.05) is 36.0 Å². The fraction of sp³-hybridized carbons (Fsp3) is 0.818. The van der Waals surface area contributed by atoms with E-state index in [-0.39, 0.29) is 18.0 Å². The van der Waals surface area contributed by atoms with Crippen LogP contribution >= 0.6 is 21.6 Å². The van der Waals surface area contributed by atoms with Crippen molar-refractivity contribution in [2.45, 2.75) is 155 Å². The molecule has 332 valence electrons. The normalized spacial score (nSPS) is 11.4. The molecule has 11 nitrogen and oxygen atoms in total. The van der Waals surface area contributed by atoms with Gasteiger partial charge in [-0.3, -0.25) is 0 Å². The maximum atomic E-state index is 13.0. The number of likely N-dealkylation sites (N-methyl/N-ethyl adjacent to an activating group) is 1. The summed E-state index contributed by atoms with van der Waals surface area (Å²) < 4.78 is 21.5. The number of unbranched alkanes of at least 4 members (excludes halogenated alkanes) is 18. The summed E-state index contributed by atoms with van der Waals surface area (Å²) >= 11 is 0. The molecule has 0 aliphatic heterocycles. The van der Waals surface area contributed by atoms with Crippen LogP contribution in [0.1, 0.15) is 155 Å². The van der Waals surface area contributed by atoms with Crippen molar-refractivity contribution in [3.05, 3.63) is 24.3 Å². The molecule has 0 fully saturated rings. The van der Waals surface area contributed by atoms with E-state index >= 15 is 0 Å². The Morgan fingerprint density at radius 3 is 1.42 bits per heavy atom. The van der Waals surface area contributed by atoms with Gasteiger partial charge >= 0.3 is 24.1 Å². The molecule has 1 N–H and O–H groups in total. The number of hydrogen-bond acceptors (Lipinski definition) is 11. The Bertz CT molecular complexity index is 980. The van der Waals surface area contributed by atoms with E-state index < -0.39 is 6.09 Å². The Labute approximate surface area is 355 Å². The standard InChI is InChI=1S/C44H81N3O8S2/c1-5-7-9-11-17-23-29-41(48)52-35-27-21-15-13-19-25-32-47(44(51)55-38-40-57-56-39-37-54-43(50)45-31-34-46(3)4)33-26-20-14-16-22-28-36-53-42(49)30-24-18-12-10-8-6-2/h23-24,29-30H,5-22,25-28,31-40H2,1-4H3,(H,45,50)/b29-23-,30-24-. The number of alkyl carbamates (subject to hydrolysis) is 1. The van der Waals surface area contributed by atoms with E-state index in [9.17, 15) is 19.2 Å². The van der Waals surface area contributed by atoms with Crippen LogP contribution in [0.5, 0.6) is 0 Å². The van der Waals surface area contributed by atoms with Gasteiger partial charge in [-0.2, -0.15) is 0 Å². The zero-order chi connectivity index (χ0) is 41.9. The smallest absolute Gasteiger partial charge is 0.409 e. The molecule has 0 unspecified atom stereocenters. The van der Waals surface area contributed by atoms with E-state index in [0.717, 1.165) is 109 Å². The van der Waals surface area contributed by atoms with Crippen LogP contribution in [0, 0.1) is 0 Å². The van der Waals surface area contributed by atoms with Crippen LogP contribution in [0.2, 0.25) is 0 Å². The van der Waals surface area contributed by atoms with Crippen LogP contribution < -0.4 is 5.32 Å². The van der Waals surface area contributed by atoms with Crippen molar-refractivity contribution in [2.24, 2.45) is 0 Å². The Morgan fingerprint density at radius 1 is 0.509 bits per heavy atom. The maximum absolute atomic E-state index is 13.0. The Balaban J connectivity index is 4.33. The van der Waals surface area contributed by atoms with Gasteiger partial charge in [-0.15, -0.1) is 0 Å². The van der Waals surface area contributed by atoms with Crippen LogP contribution in [0.15, 0.2) is 24.3 Å². The van der Waals surface area contributed by atoms with Crippen molar-refractivity contribution in [3.63, 3.8) is 0 Å².